The van der Waals surface area contributed by atoms with Gasteiger partial charge in [-0.2, -0.15) is 0 Å². The number of thiophene rings is 1. The molecule has 10 heteroatoms. The van der Waals surface area contributed by atoms with Gasteiger partial charge >= 0.3 is 5.97 Å². The number of aryl methyl sites for hydroxylation is 1. The highest BCUT2D eigenvalue weighted by Crippen LogP contribution is 2.46. The highest BCUT2D eigenvalue weighted by molar-refractivity contribution is 8.26. The van der Waals surface area contributed by atoms with E-state index in [0.717, 1.165) is 95.3 Å². The lowest BCUT2D eigenvalue weighted by Crippen LogP contribution is -2.33. The monoisotopic (exact) mass is 788 g/mol. The first-order chi connectivity index (χ1) is 26.6. The van der Waals surface area contributed by atoms with Gasteiger partial charge in [-0.15, -0.1) is 11.3 Å². The quantitative estimate of drug-likeness (QED) is 0.0984. The molecule has 1 atom stereocenters. The molecule has 1 aromatic heterocycles. The lowest BCUT2D eigenvalue weighted by Gasteiger charge is -2.23. The predicted molar refractivity (Wildman–Crippen MR) is 228 cm³/mol. The molecular formula is C45H38F2N2O3S3. The molecule has 7 rings (SSSR count). The number of amides is 1. The van der Waals surface area contributed by atoms with E-state index < -0.39 is 18.4 Å². The molecule has 1 aliphatic rings. The number of aliphatic carboxylic acids is 1. The summed E-state index contributed by atoms with van der Waals surface area (Å²) in [5.41, 5.74) is 7.44. The molecule has 0 aliphatic carbocycles. The SMILES string of the molecule is CCCC(CC)c1c(/C=C2\SC(=S)N(CC(=O)O)C2=O)cc(C)c2c1sc1cc(N(/C=C(\c3ccccc3)c3ccc(F)cc3)c3ccc(F)cc3)ccc12. The van der Waals surface area contributed by atoms with E-state index in [1.54, 1.807) is 35.6 Å². The fourth-order valence-electron chi connectivity index (χ4n) is 7.28. The van der Waals surface area contributed by atoms with Crippen LogP contribution in [0.15, 0.2) is 114 Å². The maximum atomic E-state index is 14.3. The Bertz CT molecular complexity index is 2490. The first kappa shape index (κ1) is 38.1. The number of nitrogens with zero attached hydrogens (tertiary/aromatic N) is 2. The fourth-order valence-corrected chi connectivity index (χ4v) is 9.97. The number of carboxylic acid groups (broad SMARTS) is 1. The molecule has 0 saturated carbocycles. The molecule has 2 heterocycles. The van der Waals surface area contributed by atoms with Gasteiger partial charge in [-0.25, -0.2) is 8.78 Å². The van der Waals surface area contributed by atoms with Crippen molar-refractivity contribution in [3.63, 3.8) is 0 Å². The summed E-state index contributed by atoms with van der Waals surface area (Å²) in [5.74, 6) is -1.95. The summed E-state index contributed by atoms with van der Waals surface area (Å²) in [6.45, 7) is 5.98. The van der Waals surface area contributed by atoms with E-state index in [0.29, 0.717) is 4.91 Å². The summed E-state index contributed by atoms with van der Waals surface area (Å²) in [4.78, 5) is 28.5. The Morgan fingerprint density at radius 3 is 2.22 bits per heavy atom. The molecule has 1 aliphatic heterocycles. The molecule has 5 nitrogen and oxygen atoms in total. The van der Waals surface area contributed by atoms with Crippen molar-refractivity contribution >= 4 is 94.7 Å². The Hall–Kier alpha value is -5.16. The number of thioether (sulfide) groups is 1. The first-order valence-corrected chi connectivity index (χ1v) is 20.1. The third-order valence-electron chi connectivity index (χ3n) is 9.87. The fraction of sp³-hybridized carbons (Fsp3) is 0.178. The van der Waals surface area contributed by atoms with E-state index >= 15 is 0 Å². The predicted octanol–water partition coefficient (Wildman–Crippen LogP) is 12.4. The minimum atomic E-state index is -1.12. The highest BCUT2D eigenvalue weighted by atomic mass is 32.2. The maximum absolute atomic E-state index is 14.3. The van der Waals surface area contributed by atoms with Gasteiger partial charge in [0, 0.05) is 43.3 Å². The average molecular weight is 789 g/mol. The number of halogens is 2. The summed E-state index contributed by atoms with van der Waals surface area (Å²) in [6, 6.07) is 31.2. The Morgan fingerprint density at radius 1 is 0.909 bits per heavy atom. The standard InChI is InChI=1S/C45H38F2N2O3S3/c1-4-9-28(5-2)42-31(23-39-44(52)49(26-40(50)51)45(53)55-39)22-27(3)41-36-21-20-35(24-38(36)54-43(41)42)48(34-18-16-33(47)17-19-34)25-37(29-10-7-6-8-11-29)30-12-14-32(46)15-13-30/h6-8,10-25,28H,4-5,9,26H2,1-3H3,(H,50,51)/b37-25+,39-23-. The number of carbonyl (C=O) groups is 2. The van der Waals surface area contributed by atoms with E-state index in [1.165, 1.54) is 29.8 Å². The van der Waals surface area contributed by atoms with E-state index in [2.05, 4.69) is 45.0 Å². The first-order valence-electron chi connectivity index (χ1n) is 18.1. The molecule has 0 radical (unpaired) electrons. The van der Waals surface area contributed by atoms with Crippen LogP contribution in [0.25, 0.3) is 31.8 Å². The Labute approximate surface area is 332 Å². The second-order valence-corrected chi connectivity index (χ2v) is 16.2. The van der Waals surface area contributed by atoms with Gasteiger partial charge in [0.2, 0.25) is 0 Å². The van der Waals surface area contributed by atoms with Crippen molar-refractivity contribution in [3.8, 4) is 0 Å². The van der Waals surface area contributed by atoms with Crippen LogP contribution in [0.5, 0.6) is 0 Å². The molecule has 1 fully saturated rings. The number of thiocarbonyl (C=S) groups is 1. The van der Waals surface area contributed by atoms with Gasteiger partial charge < -0.3 is 10.0 Å². The van der Waals surface area contributed by atoms with Gasteiger partial charge in [-0.1, -0.05) is 98.8 Å². The van der Waals surface area contributed by atoms with Crippen molar-refractivity contribution in [2.75, 3.05) is 11.4 Å². The van der Waals surface area contributed by atoms with E-state index in [9.17, 15) is 23.5 Å². The number of rotatable bonds is 12. The van der Waals surface area contributed by atoms with Crippen molar-refractivity contribution in [2.24, 2.45) is 0 Å². The summed E-state index contributed by atoms with van der Waals surface area (Å²) in [5, 5.41) is 11.7. The number of carboxylic acids is 1. The zero-order chi connectivity index (χ0) is 38.8. The minimum Gasteiger partial charge on any atom is -0.480 e. The number of hydrogen-bond donors (Lipinski definition) is 1. The molecule has 0 spiro atoms. The topological polar surface area (TPSA) is 60.9 Å². The van der Waals surface area contributed by atoms with Gasteiger partial charge in [0.1, 0.15) is 22.5 Å². The van der Waals surface area contributed by atoms with Crippen LogP contribution in [0, 0.1) is 18.6 Å². The van der Waals surface area contributed by atoms with Gasteiger partial charge in [-0.3, -0.25) is 14.5 Å². The van der Waals surface area contributed by atoms with Crippen molar-refractivity contribution in [2.45, 2.75) is 46.0 Å². The average Bonchev–Trinajstić information content (AvgIpc) is 3.68. The maximum Gasteiger partial charge on any atom is 0.323 e. The zero-order valence-electron chi connectivity index (χ0n) is 30.5. The smallest absolute Gasteiger partial charge is 0.323 e. The van der Waals surface area contributed by atoms with Crippen LogP contribution in [-0.2, 0) is 9.59 Å². The number of benzene rings is 5. The van der Waals surface area contributed by atoms with E-state index in [4.69, 9.17) is 12.2 Å². The molecule has 1 unspecified atom stereocenters. The summed E-state index contributed by atoms with van der Waals surface area (Å²) >= 11 is 8.26. The summed E-state index contributed by atoms with van der Waals surface area (Å²) in [7, 11) is 0. The van der Waals surface area contributed by atoms with Crippen molar-refractivity contribution in [3.05, 3.63) is 154 Å². The van der Waals surface area contributed by atoms with Crippen LogP contribution in [0.1, 0.15) is 66.8 Å². The molecule has 1 N–H and O–H groups in total. The zero-order valence-corrected chi connectivity index (χ0v) is 33.0. The largest absolute Gasteiger partial charge is 0.480 e. The second-order valence-electron chi connectivity index (χ2n) is 13.5. The van der Waals surface area contributed by atoms with E-state index in [1.807, 2.05) is 47.5 Å². The number of fused-ring (bicyclic) bond motifs is 3. The molecule has 278 valence electrons. The molecular weight excluding hydrogens is 751 g/mol. The third-order valence-corrected chi connectivity index (χ3v) is 12.4. The highest BCUT2D eigenvalue weighted by Gasteiger charge is 2.34. The third kappa shape index (κ3) is 7.85. The van der Waals surface area contributed by atoms with Crippen LogP contribution in [0.2, 0.25) is 0 Å². The van der Waals surface area contributed by atoms with Gasteiger partial charge in [0.25, 0.3) is 5.91 Å². The number of anilines is 2. The lowest BCUT2D eigenvalue weighted by atomic mass is 9.86. The second kappa shape index (κ2) is 16.3. The molecule has 1 saturated heterocycles. The van der Waals surface area contributed by atoms with Crippen LogP contribution in [0.4, 0.5) is 20.2 Å². The Morgan fingerprint density at radius 2 is 1.56 bits per heavy atom. The Balaban J connectivity index is 1.42. The summed E-state index contributed by atoms with van der Waals surface area (Å²) < 4.78 is 30.8. The molecule has 0 bridgehead atoms. The van der Waals surface area contributed by atoms with Gasteiger partial charge in [0.05, 0.1) is 4.91 Å². The van der Waals surface area contributed by atoms with Crippen molar-refractivity contribution < 1.29 is 23.5 Å². The van der Waals surface area contributed by atoms with Crippen LogP contribution >= 0.6 is 35.3 Å². The van der Waals surface area contributed by atoms with Crippen molar-refractivity contribution in [1.82, 2.24) is 4.90 Å². The minimum absolute atomic E-state index is 0.221. The van der Waals surface area contributed by atoms with Crippen LogP contribution in [-0.4, -0.2) is 32.7 Å². The molecule has 55 heavy (non-hydrogen) atoms. The molecule has 5 aromatic carbocycles. The van der Waals surface area contributed by atoms with Crippen LogP contribution < -0.4 is 4.90 Å². The normalized spacial score (nSPS) is 14.7. The van der Waals surface area contributed by atoms with Gasteiger partial charge in [0.15, 0.2) is 0 Å². The molecule has 6 aromatic rings. The van der Waals surface area contributed by atoms with Crippen LogP contribution in [0.3, 0.4) is 0 Å². The molecule has 1 amide bonds. The van der Waals surface area contributed by atoms with Gasteiger partial charge in [-0.05, 0) is 108 Å². The number of hydrogen-bond acceptors (Lipinski definition) is 6. The Kier molecular flexibility index (Phi) is 11.3. The van der Waals surface area contributed by atoms with Crippen molar-refractivity contribution in [1.29, 1.82) is 0 Å². The lowest BCUT2D eigenvalue weighted by molar-refractivity contribution is -0.140. The van der Waals surface area contributed by atoms with E-state index in [-0.39, 0.29) is 21.9 Å². The summed E-state index contributed by atoms with van der Waals surface area (Å²) in [6.07, 6.45) is 6.76. The number of carbonyl (C=O) groups excluding carboxylic acids is 1.